The molecule has 1 N–H and O–H groups in total. The average molecular weight is 332 g/mol. The Balaban J connectivity index is 1.95. The fraction of sp³-hybridized carbons (Fsp3) is 0.227. The molecule has 25 heavy (non-hydrogen) atoms. The number of aryl methyl sites for hydroxylation is 2. The Morgan fingerprint density at radius 2 is 1.64 bits per heavy atom. The number of hydrogen-bond donors (Lipinski definition) is 1. The van der Waals surface area contributed by atoms with E-state index in [4.69, 9.17) is 0 Å². The number of pyridine rings is 1. The van der Waals surface area contributed by atoms with Gasteiger partial charge < -0.3 is 5.11 Å². The lowest BCUT2D eigenvalue weighted by Gasteiger charge is -2.28. The van der Waals surface area contributed by atoms with Crippen LogP contribution in [0.5, 0.6) is 5.75 Å². The smallest absolute Gasteiger partial charge is 0.120 e. The molecule has 128 valence electrons. The van der Waals surface area contributed by atoms with Gasteiger partial charge in [0.25, 0.3) is 0 Å². The van der Waals surface area contributed by atoms with Crippen molar-refractivity contribution in [2.75, 3.05) is 7.05 Å². The normalized spacial score (nSPS) is 12.3. The number of phenolic OH excluding ortho intramolecular Hbond substituents is 1. The predicted octanol–water partition coefficient (Wildman–Crippen LogP) is 4.63. The third kappa shape index (κ3) is 3.89. The minimum atomic E-state index is 0.0309. The summed E-state index contributed by atoms with van der Waals surface area (Å²) in [5, 5.41) is 10.3. The third-order valence-corrected chi connectivity index (χ3v) is 4.64. The van der Waals surface area contributed by atoms with Crippen LogP contribution >= 0.6 is 0 Å². The van der Waals surface area contributed by atoms with E-state index >= 15 is 0 Å². The molecule has 3 aromatic rings. The van der Waals surface area contributed by atoms with Crippen molar-refractivity contribution in [2.24, 2.45) is 0 Å². The van der Waals surface area contributed by atoms with Gasteiger partial charge in [-0.15, -0.1) is 0 Å². The van der Waals surface area contributed by atoms with E-state index in [0.717, 1.165) is 16.8 Å². The van der Waals surface area contributed by atoms with E-state index in [1.807, 2.05) is 49.5 Å². The molecule has 0 unspecified atom stereocenters. The number of benzene rings is 2. The summed E-state index contributed by atoms with van der Waals surface area (Å²) >= 11 is 0. The van der Waals surface area contributed by atoms with E-state index in [2.05, 4.69) is 48.1 Å². The first-order chi connectivity index (χ1) is 12.1. The maximum absolute atomic E-state index is 10.3. The molecular formula is C22H24N2O. The van der Waals surface area contributed by atoms with Gasteiger partial charge in [0.05, 0.1) is 11.7 Å². The summed E-state index contributed by atoms with van der Waals surface area (Å²) in [4.78, 5) is 6.79. The lowest BCUT2D eigenvalue weighted by Crippen LogP contribution is -2.26. The number of aromatic nitrogens is 1. The van der Waals surface area contributed by atoms with Crippen LogP contribution in [0.3, 0.4) is 0 Å². The van der Waals surface area contributed by atoms with Crippen molar-refractivity contribution in [1.29, 1.82) is 0 Å². The zero-order valence-electron chi connectivity index (χ0n) is 15.0. The van der Waals surface area contributed by atoms with Crippen molar-refractivity contribution in [1.82, 2.24) is 9.88 Å². The Kier molecular flexibility index (Phi) is 5.15. The zero-order chi connectivity index (χ0) is 17.8. The van der Waals surface area contributed by atoms with E-state index in [-0.39, 0.29) is 6.04 Å². The van der Waals surface area contributed by atoms with Crippen LogP contribution in [-0.4, -0.2) is 22.0 Å². The van der Waals surface area contributed by atoms with Gasteiger partial charge in [-0.2, -0.15) is 0 Å². The molecule has 2 aromatic carbocycles. The molecule has 3 rings (SSSR count). The molecule has 0 saturated carbocycles. The highest BCUT2D eigenvalue weighted by molar-refractivity contribution is 5.41. The molecule has 0 amide bonds. The molecule has 0 aliphatic heterocycles. The molecule has 3 heteroatoms. The van der Waals surface area contributed by atoms with Crippen LogP contribution < -0.4 is 0 Å². The molecule has 0 spiro atoms. The predicted molar refractivity (Wildman–Crippen MR) is 102 cm³/mol. The monoisotopic (exact) mass is 332 g/mol. The lowest BCUT2D eigenvalue weighted by molar-refractivity contribution is 0.262. The van der Waals surface area contributed by atoms with Crippen molar-refractivity contribution >= 4 is 0 Å². The van der Waals surface area contributed by atoms with Crippen LogP contribution in [0.25, 0.3) is 0 Å². The molecule has 3 nitrogen and oxygen atoms in total. The standard InChI is InChI=1S/C22H24N2O/c1-16-13-19(21(25)14-17(16)2)15-24(3)22(18-9-5-4-6-10-18)20-11-7-8-12-23-20/h4-14,22,25H,15H2,1-3H3/t22-/m0/s1. The molecule has 0 bridgehead atoms. The fourth-order valence-electron chi connectivity index (χ4n) is 3.17. The van der Waals surface area contributed by atoms with Crippen molar-refractivity contribution in [2.45, 2.75) is 26.4 Å². The SMILES string of the molecule is Cc1cc(O)c(CN(C)[C@@H](c2ccccc2)c2ccccn2)cc1C. The van der Waals surface area contributed by atoms with Crippen LogP contribution in [0.4, 0.5) is 0 Å². The van der Waals surface area contributed by atoms with Gasteiger partial charge in [0, 0.05) is 18.3 Å². The second-order valence-corrected chi connectivity index (χ2v) is 6.55. The van der Waals surface area contributed by atoms with E-state index < -0.39 is 0 Å². The second-order valence-electron chi connectivity index (χ2n) is 6.55. The summed E-state index contributed by atoms with van der Waals surface area (Å²) in [6, 6.07) is 20.3. The molecule has 1 atom stereocenters. The van der Waals surface area contributed by atoms with Crippen LogP contribution in [0.15, 0.2) is 66.9 Å². The average Bonchev–Trinajstić information content (AvgIpc) is 2.62. The summed E-state index contributed by atoms with van der Waals surface area (Å²) in [5.41, 5.74) is 5.41. The maximum Gasteiger partial charge on any atom is 0.120 e. The topological polar surface area (TPSA) is 36.4 Å². The molecule has 0 fully saturated rings. The Morgan fingerprint density at radius 1 is 0.960 bits per heavy atom. The minimum absolute atomic E-state index is 0.0309. The van der Waals surface area contributed by atoms with Gasteiger partial charge >= 0.3 is 0 Å². The molecule has 0 radical (unpaired) electrons. The second kappa shape index (κ2) is 7.49. The van der Waals surface area contributed by atoms with Crippen LogP contribution in [-0.2, 0) is 6.54 Å². The van der Waals surface area contributed by atoms with Crippen molar-refractivity contribution < 1.29 is 5.11 Å². The van der Waals surface area contributed by atoms with Gasteiger partial charge in [0.2, 0.25) is 0 Å². The Morgan fingerprint density at radius 3 is 2.32 bits per heavy atom. The number of nitrogens with zero attached hydrogens (tertiary/aromatic N) is 2. The van der Waals surface area contributed by atoms with Gasteiger partial charge in [0.15, 0.2) is 0 Å². The van der Waals surface area contributed by atoms with Crippen LogP contribution in [0.1, 0.15) is 34.0 Å². The minimum Gasteiger partial charge on any atom is -0.508 e. The van der Waals surface area contributed by atoms with Crippen molar-refractivity contribution in [3.05, 3.63) is 94.8 Å². The van der Waals surface area contributed by atoms with Gasteiger partial charge in [-0.3, -0.25) is 9.88 Å². The Hall–Kier alpha value is -2.65. The van der Waals surface area contributed by atoms with Gasteiger partial charge in [-0.25, -0.2) is 0 Å². The molecule has 0 saturated heterocycles. The van der Waals surface area contributed by atoms with E-state index in [1.54, 1.807) is 0 Å². The molecular weight excluding hydrogens is 308 g/mol. The highest BCUT2D eigenvalue weighted by atomic mass is 16.3. The van der Waals surface area contributed by atoms with Gasteiger partial charge in [-0.05, 0) is 55.8 Å². The number of aromatic hydroxyl groups is 1. The summed E-state index contributed by atoms with van der Waals surface area (Å²) in [5.74, 6) is 0.350. The first kappa shape index (κ1) is 17.2. The van der Waals surface area contributed by atoms with Crippen molar-refractivity contribution in [3.8, 4) is 5.75 Å². The van der Waals surface area contributed by atoms with Gasteiger partial charge in [0.1, 0.15) is 5.75 Å². The summed E-state index contributed by atoms with van der Waals surface area (Å²) in [7, 11) is 2.07. The molecule has 0 aliphatic carbocycles. The lowest BCUT2D eigenvalue weighted by atomic mass is 10.00. The largest absolute Gasteiger partial charge is 0.508 e. The first-order valence-electron chi connectivity index (χ1n) is 8.51. The summed E-state index contributed by atoms with van der Waals surface area (Å²) in [6.07, 6.45) is 1.83. The quantitative estimate of drug-likeness (QED) is 0.740. The molecule has 1 heterocycles. The Bertz CT molecular complexity index is 792. The first-order valence-corrected chi connectivity index (χ1v) is 8.51. The van der Waals surface area contributed by atoms with Crippen molar-refractivity contribution in [3.63, 3.8) is 0 Å². The fourth-order valence-corrected chi connectivity index (χ4v) is 3.17. The van der Waals surface area contributed by atoms with Gasteiger partial charge in [-0.1, -0.05) is 42.5 Å². The number of rotatable bonds is 5. The maximum atomic E-state index is 10.3. The molecule has 1 aromatic heterocycles. The highest BCUT2D eigenvalue weighted by Crippen LogP contribution is 2.30. The Labute approximate surface area is 149 Å². The third-order valence-electron chi connectivity index (χ3n) is 4.64. The number of phenols is 1. The number of hydrogen-bond acceptors (Lipinski definition) is 3. The van der Waals surface area contributed by atoms with Crippen LogP contribution in [0.2, 0.25) is 0 Å². The zero-order valence-corrected chi connectivity index (χ0v) is 15.0. The van der Waals surface area contributed by atoms with E-state index in [1.165, 1.54) is 11.1 Å². The van der Waals surface area contributed by atoms with E-state index in [9.17, 15) is 5.11 Å². The van der Waals surface area contributed by atoms with E-state index in [0.29, 0.717) is 12.3 Å². The van der Waals surface area contributed by atoms with Crippen LogP contribution in [0, 0.1) is 13.8 Å². The summed E-state index contributed by atoms with van der Waals surface area (Å²) < 4.78 is 0. The molecule has 0 aliphatic rings. The highest BCUT2D eigenvalue weighted by Gasteiger charge is 2.21. The summed E-state index contributed by atoms with van der Waals surface area (Å²) in [6.45, 7) is 4.73.